The first-order valence-electron chi connectivity index (χ1n) is 3.73. The summed E-state index contributed by atoms with van der Waals surface area (Å²) in [7, 11) is 0. The minimum absolute atomic E-state index is 0.130. The molecule has 0 radical (unpaired) electrons. The maximum atomic E-state index is 10.7. The van der Waals surface area contributed by atoms with Crippen LogP contribution in [0.3, 0.4) is 0 Å². The van der Waals surface area contributed by atoms with Crippen LogP contribution in [-0.4, -0.2) is 10.8 Å². The summed E-state index contributed by atoms with van der Waals surface area (Å²) in [6, 6.07) is 5.26. The Morgan fingerprint density at radius 2 is 2.31 bits per heavy atom. The highest BCUT2D eigenvalue weighted by Gasteiger charge is 1.96. The van der Waals surface area contributed by atoms with Gasteiger partial charge in [-0.15, -0.1) is 10.2 Å². The molecular weight excluding hydrogens is 166 g/mol. The van der Waals surface area contributed by atoms with Gasteiger partial charge in [0.25, 0.3) is 0 Å². The second kappa shape index (κ2) is 4.25. The average molecular weight is 175 g/mol. The number of carbonyl (C=O) groups excluding carboxylic acids is 1. The van der Waals surface area contributed by atoms with Crippen LogP contribution >= 0.6 is 0 Å². The summed E-state index contributed by atoms with van der Waals surface area (Å²) in [6.07, 6.45) is 1.60. The largest absolute Gasteiger partial charge is 0.293 e. The van der Waals surface area contributed by atoms with E-state index in [1.807, 2.05) is 0 Å². The standard InChI is InChI=1S/C9H9N3O/c1-7(8(2)13)11-12-9-5-3-4-6-10-9/h3-6H,1H2,2H3. The van der Waals surface area contributed by atoms with E-state index in [0.717, 1.165) is 0 Å². The fourth-order valence-corrected chi connectivity index (χ4v) is 0.595. The van der Waals surface area contributed by atoms with Crippen molar-refractivity contribution >= 4 is 11.6 Å². The van der Waals surface area contributed by atoms with E-state index in [1.54, 1.807) is 24.4 Å². The number of aromatic nitrogens is 1. The molecule has 1 aromatic rings. The van der Waals surface area contributed by atoms with Crippen LogP contribution in [0.4, 0.5) is 5.82 Å². The molecule has 1 heterocycles. The molecule has 4 heteroatoms. The molecule has 0 atom stereocenters. The number of carbonyl (C=O) groups is 1. The minimum Gasteiger partial charge on any atom is -0.293 e. The normalized spacial score (nSPS) is 10.2. The van der Waals surface area contributed by atoms with Crippen molar-refractivity contribution in [2.45, 2.75) is 6.92 Å². The Balaban J connectivity index is 2.70. The first kappa shape index (κ1) is 9.25. The lowest BCUT2D eigenvalue weighted by molar-refractivity contribution is -0.113. The fourth-order valence-electron chi connectivity index (χ4n) is 0.595. The smallest absolute Gasteiger partial charge is 0.179 e. The van der Waals surface area contributed by atoms with Gasteiger partial charge in [0, 0.05) is 13.1 Å². The number of hydrogen-bond acceptors (Lipinski definition) is 4. The van der Waals surface area contributed by atoms with Crippen molar-refractivity contribution in [1.29, 1.82) is 0 Å². The van der Waals surface area contributed by atoms with Gasteiger partial charge in [0.15, 0.2) is 11.6 Å². The predicted octanol–water partition coefficient (Wildman–Crippen LogP) is 2.27. The average Bonchev–Trinajstić information content (AvgIpc) is 2.15. The van der Waals surface area contributed by atoms with Crippen LogP contribution in [0.5, 0.6) is 0 Å². The molecule has 0 aliphatic heterocycles. The van der Waals surface area contributed by atoms with Gasteiger partial charge in [-0.2, -0.15) is 0 Å². The van der Waals surface area contributed by atoms with Crippen molar-refractivity contribution in [3.8, 4) is 0 Å². The zero-order chi connectivity index (χ0) is 9.68. The van der Waals surface area contributed by atoms with Gasteiger partial charge in [0.1, 0.15) is 5.70 Å². The lowest BCUT2D eigenvalue weighted by atomic mass is 10.4. The summed E-state index contributed by atoms with van der Waals surface area (Å²) >= 11 is 0. The summed E-state index contributed by atoms with van der Waals surface area (Å²) in [5.74, 6) is 0.268. The number of nitrogens with zero attached hydrogens (tertiary/aromatic N) is 3. The molecule has 0 aliphatic carbocycles. The van der Waals surface area contributed by atoms with Crippen LogP contribution in [0, 0.1) is 0 Å². The quantitative estimate of drug-likeness (QED) is 0.522. The Morgan fingerprint density at radius 1 is 1.54 bits per heavy atom. The Hall–Kier alpha value is -1.84. The molecule has 0 amide bonds. The molecule has 1 rings (SSSR count). The van der Waals surface area contributed by atoms with E-state index in [-0.39, 0.29) is 11.5 Å². The highest BCUT2D eigenvalue weighted by Crippen LogP contribution is 2.07. The Bertz CT molecular complexity index is 343. The summed E-state index contributed by atoms with van der Waals surface area (Å²) in [5, 5.41) is 7.33. The maximum Gasteiger partial charge on any atom is 0.179 e. The summed E-state index contributed by atoms with van der Waals surface area (Å²) in [4.78, 5) is 14.6. The van der Waals surface area contributed by atoms with E-state index in [4.69, 9.17) is 0 Å². The third-order valence-corrected chi connectivity index (χ3v) is 1.33. The van der Waals surface area contributed by atoms with Crippen molar-refractivity contribution < 1.29 is 4.79 Å². The van der Waals surface area contributed by atoms with E-state index in [0.29, 0.717) is 5.82 Å². The maximum absolute atomic E-state index is 10.7. The zero-order valence-electron chi connectivity index (χ0n) is 7.27. The third-order valence-electron chi connectivity index (χ3n) is 1.33. The molecule has 0 N–H and O–H groups in total. The zero-order valence-corrected chi connectivity index (χ0v) is 7.27. The topological polar surface area (TPSA) is 54.7 Å². The lowest BCUT2D eigenvalue weighted by Crippen LogP contribution is -1.89. The van der Waals surface area contributed by atoms with Gasteiger partial charge in [-0.05, 0) is 12.1 Å². The number of Topliss-reactive ketones (excluding diaryl/α,β-unsaturated/α-hetero) is 1. The molecule has 4 nitrogen and oxygen atoms in total. The Labute approximate surface area is 76.0 Å². The molecule has 0 saturated carbocycles. The second-order valence-electron chi connectivity index (χ2n) is 2.39. The number of allylic oxidation sites excluding steroid dienone is 1. The number of azo groups is 1. The highest BCUT2D eigenvalue weighted by atomic mass is 16.1. The third kappa shape index (κ3) is 2.94. The highest BCUT2D eigenvalue weighted by molar-refractivity contribution is 5.92. The molecule has 0 bridgehead atoms. The fraction of sp³-hybridized carbons (Fsp3) is 0.111. The SMILES string of the molecule is C=C(N=Nc1ccccn1)C(C)=O. The summed E-state index contributed by atoms with van der Waals surface area (Å²) in [6.45, 7) is 4.82. The van der Waals surface area contributed by atoms with Crippen LogP contribution in [0.2, 0.25) is 0 Å². The number of rotatable bonds is 3. The van der Waals surface area contributed by atoms with Gasteiger partial charge >= 0.3 is 0 Å². The van der Waals surface area contributed by atoms with Gasteiger partial charge in [0.2, 0.25) is 0 Å². The minimum atomic E-state index is -0.195. The van der Waals surface area contributed by atoms with Crippen molar-refractivity contribution in [3.63, 3.8) is 0 Å². The molecule has 0 unspecified atom stereocenters. The monoisotopic (exact) mass is 175 g/mol. The molecule has 0 spiro atoms. The van der Waals surface area contributed by atoms with Crippen LogP contribution < -0.4 is 0 Å². The molecule has 0 aliphatic rings. The van der Waals surface area contributed by atoms with E-state index in [2.05, 4.69) is 21.8 Å². The first-order valence-corrected chi connectivity index (χ1v) is 3.73. The Kier molecular flexibility index (Phi) is 3.03. The first-order chi connectivity index (χ1) is 6.20. The lowest BCUT2D eigenvalue weighted by Gasteiger charge is -1.90. The van der Waals surface area contributed by atoms with Crippen LogP contribution in [0.15, 0.2) is 46.9 Å². The summed E-state index contributed by atoms with van der Waals surface area (Å²) in [5.41, 5.74) is 0.130. The van der Waals surface area contributed by atoms with Crippen molar-refractivity contribution in [2.75, 3.05) is 0 Å². The number of hydrogen-bond donors (Lipinski definition) is 0. The van der Waals surface area contributed by atoms with Gasteiger partial charge in [-0.25, -0.2) is 4.98 Å². The predicted molar refractivity (Wildman–Crippen MR) is 48.6 cm³/mol. The molecule has 0 saturated heterocycles. The van der Waals surface area contributed by atoms with Crippen LogP contribution in [0.1, 0.15) is 6.92 Å². The number of pyridine rings is 1. The van der Waals surface area contributed by atoms with E-state index < -0.39 is 0 Å². The van der Waals surface area contributed by atoms with Gasteiger partial charge in [0.05, 0.1) is 0 Å². The molecular formula is C9H9N3O. The van der Waals surface area contributed by atoms with Crippen molar-refractivity contribution in [2.24, 2.45) is 10.2 Å². The molecule has 1 aromatic heterocycles. The molecule has 66 valence electrons. The molecule has 0 aromatic carbocycles. The van der Waals surface area contributed by atoms with Gasteiger partial charge < -0.3 is 0 Å². The summed E-state index contributed by atoms with van der Waals surface area (Å²) < 4.78 is 0. The van der Waals surface area contributed by atoms with E-state index in [9.17, 15) is 4.79 Å². The molecule has 0 fully saturated rings. The second-order valence-corrected chi connectivity index (χ2v) is 2.39. The van der Waals surface area contributed by atoms with Crippen LogP contribution in [-0.2, 0) is 4.79 Å². The van der Waals surface area contributed by atoms with E-state index in [1.165, 1.54) is 6.92 Å². The van der Waals surface area contributed by atoms with Gasteiger partial charge in [-0.3, -0.25) is 4.79 Å². The van der Waals surface area contributed by atoms with Crippen LogP contribution in [0.25, 0.3) is 0 Å². The van der Waals surface area contributed by atoms with Gasteiger partial charge in [-0.1, -0.05) is 12.6 Å². The van der Waals surface area contributed by atoms with E-state index >= 15 is 0 Å². The van der Waals surface area contributed by atoms with Crippen molar-refractivity contribution in [3.05, 3.63) is 36.7 Å². The molecule has 13 heavy (non-hydrogen) atoms. The number of ketones is 1. The van der Waals surface area contributed by atoms with Crippen molar-refractivity contribution in [1.82, 2.24) is 4.98 Å². The Morgan fingerprint density at radius 3 is 2.85 bits per heavy atom.